The van der Waals surface area contributed by atoms with Crippen LogP contribution in [-0.4, -0.2) is 51.9 Å². The number of aryl methyl sites for hydroxylation is 1. The van der Waals surface area contributed by atoms with Gasteiger partial charge in [-0.2, -0.15) is 18.2 Å². The quantitative estimate of drug-likeness (QED) is 0.570. The van der Waals surface area contributed by atoms with Crippen LogP contribution in [0.15, 0.2) is 18.3 Å². The van der Waals surface area contributed by atoms with Gasteiger partial charge in [-0.05, 0) is 37.3 Å². The molecule has 0 saturated heterocycles. The average Bonchev–Trinajstić information content (AvgIpc) is 2.72. The molecule has 2 aromatic rings. The minimum Gasteiger partial charge on any atom is -0.353 e. The summed E-state index contributed by atoms with van der Waals surface area (Å²) in [5.41, 5.74) is 0.700. The van der Waals surface area contributed by atoms with E-state index >= 15 is 0 Å². The lowest BCUT2D eigenvalue weighted by atomic mass is 9.86. The number of halogens is 3. The van der Waals surface area contributed by atoms with E-state index in [1.54, 1.807) is 0 Å². The van der Waals surface area contributed by atoms with Crippen molar-refractivity contribution in [1.82, 2.24) is 20.3 Å². The number of aromatic nitrogens is 3. The molecule has 188 valence electrons. The predicted molar refractivity (Wildman–Crippen MR) is 124 cm³/mol. The fraction of sp³-hybridized carbons (Fsp3) is 0.522. The van der Waals surface area contributed by atoms with E-state index in [-0.39, 0.29) is 42.3 Å². The summed E-state index contributed by atoms with van der Waals surface area (Å²) in [4.78, 5) is 39.1. The third-order valence-electron chi connectivity index (χ3n) is 6.29. The molecule has 3 heterocycles. The van der Waals surface area contributed by atoms with E-state index in [2.05, 4.69) is 30.9 Å². The fourth-order valence-corrected chi connectivity index (χ4v) is 4.48. The van der Waals surface area contributed by atoms with Gasteiger partial charge < -0.3 is 20.9 Å². The van der Waals surface area contributed by atoms with Crippen molar-refractivity contribution < 1.29 is 22.8 Å². The summed E-state index contributed by atoms with van der Waals surface area (Å²) >= 11 is 0. The lowest BCUT2D eigenvalue weighted by molar-refractivity contribution is -0.141. The second-order valence-electron chi connectivity index (χ2n) is 9.42. The van der Waals surface area contributed by atoms with Crippen molar-refractivity contribution >= 4 is 29.3 Å². The number of fused-ring (bicyclic) bond motifs is 1. The van der Waals surface area contributed by atoms with Crippen molar-refractivity contribution in [1.29, 1.82) is 0 Å². The number of nitrogens with zero attached hydrogens (tertiary/aromatic N) is 4. The number of nitrogens with one attached hydrogen (secondary N) is 3. The van der Waals surface area contributed by atoms with E-state index in [0.717, 1.165) is 12.3 Å². The maximum absolute atomic E-state index is 12.6. The second kappa shape index (κ2) is 9.31. The minimum absolute atomic E-state index is 0.0397. The van der Waals surface area contributed by atoms with E-state index in [9.17, 15) is 22.8 Å². The predicted octanol–water partition coefficient (Wildman–Crippen LogP) is 2.91. The number of carbonyl (C=O) groups excluding carboxylic acids is 2. The van der Waals surface area contributed by atoms with E-state index in [0.29, 0.717) is 41.6 Å². The van der Waals surface area contributed by atoms with Crippen LogP contribution in [0.5, 0.6) is 0 Å². The van der Waals surface area contributed by atoms with Gasteiger partial charge in [-0.15, -0.1) is 0 Å². The Hall–Kier alpha value is -3.44. The highest BCUT2D eigenvalue weighted by Gasteiger charge is 2.36. The molecule has 0 bridgehead atoms. The van der Waals surface area contributed by atoms with E-state index in [1.807, 2.05) is 32.7 Å². The molecule has 1 aliphatic heterocycles. The smallest absolute Gasteiger partial charge is 0.353 e. The largest absolute Gasteiger partial charge is 0.433 e. The van der Waals surface area contributed by atoms with Gasteiger partial charge in [0.25, 0.3) is 0 Å². The molecule has 2 aliphatic rings. The molecule has 35 heavy (non-hydrogen) atoms. The van der Waals surface area contributed by atoms with Crippen LogP contribution in [-0.2, 0) is 22.2 Å². The number of hydrogen-bond donors (Lipinski definition) is 3. The number of rotatable bonds is 6. The third kappa shape index (κ3) is 5.30. The van der Waals surface area contributed by atoms with Crippen LogP contribution in [0.4, 0.5) is 30.6 Å². The first-order valence-corrected chi connectivity index (χ1v) is 11.4. The first kappa shape index (κ1) is 24.7. The van der Waals surface area contributed by atoms with Gasteiger partial charge in [-0.25, -0.2) is 4.98 Å². The van der Waals surface area contributed by atoms with Gasteiger partial charge in [0.15, 0.2) is 5.82 Å². The summed E-state index contributed by atoms with van der Waals surface area (Å²) in [6.07, 6.45) is -2.14. The minimum atomic E-state index is -4.51. The number of alkyl halides is 3. The molecule has 12 heteroatoms. The first-order chi connectivity index (χ1) is 16.4. The Balaban J connectivity index is 1.30. The van der Waals surface area contributed by atoms with Crippen LogP contribution in [0.25, 0.3) is 0 Å². The SMILES string of the molecule is Cc1nc(N[C@H]2C[C@@H](NC(=O)Cc3ccc(C(F)(F)F)nc3)C2)nc2c1NC(=O)[C@H](C(C)C)N2C. The Labute approximate surface area is 200 Å². The van der Waals surface area contributed by atoms with Gasteiger partial charge in [0.2, 0.25) is 17.8 Å². The van der Waals surface area contributed by atoms with Crippen LogP contribution in [0.1, 0.15) is 43.6 Å². The molecule has 1 saturated carbocycles. The lowest BCUT2D eigenvalue weighted by Gasteiger charge is -2.38. The van der Waals surface area contributed by atoms with Crippen molar-refractivity contribution in [3.63, 3.8) is 0 Å². The molecule has 2 amide bonds. The Kier molecular flexibility index (Phi) is 6.56. The molecule has 4 rings (SSSR count). The van der Waals surface area contributed by atoms with Gasteiger partial charge >= 0.3 is 6.18 Å². The molecule has 1 aliphatic carbocycles. The zero-order chi connectivity index (χ0) is 25.5. The molecule has 0 aromatic carbocycles. The normalized spacial score (nSPS) is 21.8. The monoisotopic (exact) mass is 491 g/mol. The summed E-state index contributed by atoms with van der Waals surface area (Å²) in [6.45, 7) is 5.78. The number of hydrogen-bond acceptors (Lipinski definition) is 7. The van der Waals surface area contributed by atoms with Crippen molar-refractivity contribution in [2.24, 2.45) is 5.92 Å². The molecule has 0 spiro atoms. The molecule has 0 unspecified atom stereocenters. The van der Waals surface area contributed by atoms with Gasteiger partial charge in [0.1, 0.15) is 17.4 Å². The summed E-state index contributed by atoms with van der Waals surface area (Å²) in [7, 11) is 1.85. The topological polar surface area (TPSA) is 112 Å². The third-order valence-corrected chi connectivity index (χ3v) is 6.29. The molecule has 1 fully saturated rings. The van der Waals surface area contributed by atoms with Crippen LogP contribution in [0, 0.1) is 12.8 Å². The summed E-state index contributed by atoms with van der Waals surface area (Å²) in [5, 5.41) is 9.10. The molecule has 0 radical (unpaired) electrons. The zero-order valence-corrected chi connectivity index (χ0v) is 19.9. The summed E-state index contributed by atoms with van der Waals surface area (Å²) < 4.78 is 37.8. The van der Waals surface area contributed by atoms with Crippen molar-refractivity contribution in [2.75, 3.05) is 22.6 Å². The van der Waals surface area contributed by atoms with Crippen molar-refractivity contribution in [2.45, 2.75) is 64.3 Å². The summed E-state index contributed by atoms with van der Waals surface area (Å²) in [6, 6.07) is 1.83. The highest BCUT2D eigenvalue weighted by Crippen LogP contribution is 2.35. The lowest BCUT2D eigenvalue weighted by Crippen LogP contribution is -2.51. The second-order valence-corrected chi connectivity index (χ2v) is 9.42. The fourth-order valence-electron chi connectivity index (χ4n) is 4.48. The van der Waals surface area contributed by atoms with Crippen LogP contribution in [0.3, 0.4) is 0 Å². The Bertz CT molecular complexity index is 1120. The van der Waals surface area contributed by atoms with E-state index in [1.165, 1.54) is 6.07 Å². The Morgan fingerprint density at radius 3 is 2.54 bits per heavy atom. The van der Waals surface area contributed by atoms with Gasteiger partial charge in [-0.1, -0.05) is 19.9 Å². The number of carbonyl (C=O) groups is 2. The number of likely N-dealkylation sites (N-methyl/N-ethyl adjacent to an activating group) is 1. The average molecular weight is 492 g/mol. The van der Waals surface area contributed by atoms with Gasteiger partial charge in [0.05, 0.1) is 12.1 Å². The van der Waals surface area contributed by atoms with Crippen LogP contribution in [0.2, 0.25) is 0 Å². The van der Waals surface area contributed by atoms with Gasteiger partial charge in [0, 0.05) is 25.3 Å². The van der Waals surface area contributed by atoms with Crippen LogP contribution < -0.4 is 20.9 Å². The number of anilines is 3. The maximum atomic E-state index is 12.6. The molecule has 2 aromatic heterocycles. The molecule has 3 N–H and O–H groups in total. The molecule has 9 nitrogen and oxygen atoms in total. The van der Waals surface area contributed by atoms with Crippen molar-refractivity contribution in [3.8, 4) is 0 Å². The molecular weight excluding hydrogens is 463 g/mol. The highest BCUT2D eigenvalue weighted by atomic mass is 19.4. The highest BCUT2D eigenvalue weighted by molar-refractivity contribution is 6.03. The Morgan fingerprint density at radius 2 is 1.94 bits per heavy atom. The molecule has 1 atom stereocenters. The standard InChI is InChI=1S/C23H28F3N7O2/c1-11(2)19-21(35)31-18-12(3)28-22(32-20(18)33(19)4)30-15-8-14(9-15)29-17(34)7-13-5-6-16(27-10-13)23(24,25)26/h5-6,10-11,14-15,19H,7-9H2,1-4H3,(H,29,34)(H,31,35)(H,28,30,32)/t14-,15+,19-/m0/s1. The maximum Gasteiger partial charge on any atom is 0.433 e. The number of amides is 2. The van der Waals surface area contributed by atoms with Crippen molar-refractivity contribution in [3.05, 3.63) is 35.3 Å². The number of pyridine rings is 1. The molecular formula is C23H28F3N7O2. The summed E-state index contributed by atoms with van der Waals surface area (Å²) in [5.74, 6) is 0.874. The zero-order valence-electron chi connectivity index (χ0n) is 19.9. The van der Waals surface area contributed by atoms with E-state index < -0.39 is 11.9 Å². The Morgan fingerprint density at radius 1 is 1.23 bits per heavy atom. The van der Waals surface area contributed by atoms with E-state index in [4.69, 9.17) is 0 Å². The van der Waals surface area contributed by atoms with Crippen LogP contribution >= 0.6 is 0 Å². The first-order valence-electron chi connectivity index (χ1n) is 11.4. The van der Waals surface area contributed by atoms with Gasteiger partial charge in [-0.3, -0.25) is 14.6 Å².